The van der Waals surface area contributed by atoms with E-state index in [9.17, 15) is 9.59 Å². The van der Waals surface area contributed by atoms with Gasteiger partial charge in [-0.25, -0.2) is 4.98 Å². The van der Waals surface area contributed by atoms with Crippen molar-refractivity contribution in [2.45, 2.75) is 25.7 Å². The molecule has 0 spiro atoms. The smallest absolute Gasteiger partial charge is 0.257 e. The van der Waals surface area contributed by atoms with Crippen LogP contribution in [0.3, 0.4) is 0 Å². The third kappa shape index (κ3) is 3.95. The molecule has 168 valence electrons. The summed E-state index contributed by atoms with van der Waals surface area (Å²) in [5.74, 6) is 0.801. The highest BCUT2D eigenvalue weighted by atomic mass is 32.1. The Hall–Kier alpha value is -3.72. The van der Waals surface area contributed by atoms with Crippen molar-refractivity contribution in [2.75, 3.05) is 17.7 Å². The molecule has 0 unspecified atom stereocenters. The van der Waals surface area contributed by atoms with Crippen LogP contribution in [0.4, 0.5) is 17.3 Å². The molecule has 3 N–H and O–H groups in total. The fraction of sp³-hybridized carbons (Fsp3) is 0.250. The largest absolute Gasteiger partial charge is 0.355 e. The van der Waals surface area contributed by atoms with Crippen molar-refractivity contribution < 1.29 is 9.59 Å². The van der Waals surface area contributed by atoms with E-state index < -0.39 is 0 Å². The maximum Gasteiger partial charge on any atom is 0.257 e. The summed E-state index contributed by atoms with van der Waals surface area (Å²) in [5.41, 5.74) is 3.66. The summed E-state index contributed by atoms with van der Waals surface area (Å²) in [6.45, 7) is 0. The van der Waals surface area contributed by atoms with Gasteiger partial charge in [0.15, 0.2) is 5.82 Å². The second-order valence-corrected chi connectivity index (χ2v) is 8.94. The van der Waals surface area contributed by atoms with E-state index in [2.05, 4.69) is 26.0 Å². The van der Waals surface area contributed by atoms with Crippen LogP contribution in [0, 0.1) is 0 Å². The van der Waals surface area contributed by atoms with Gasteiger partial charge < -0.3 is 16.0 Å². The highest BCUT2D eigenvalue weighted by Crippen LogP contribution is 2.32. The van der Waals surface area contributed by atoms with Crippen LogP contribution in [0.2, 0.25) is 0 Å². The predicted octanol–water partition coefficient (Wildman–Crippen LogP) is 4.26. The number of benzene rings is 1. The molecule has 0 aliphatic heterocycles. The Morgan fingerprint density at radius 1 is 1.12 bits per heavy atom. The first kappa shape index (κ1) is 21.1. The number of amides is 2. The van der Waals surface area contributed by atoms with Crippen LogP contribution in [0.25, 0.3) is 10.1 Å². The van der Waals surface area contributed by atoms with E-state index in [-0.39, 0.29) is 11.8 Å². The van der Waals surface area contributed by atoms with E-state index in [0.717, 1.165) is 47.3 Å². The van der Waals surface area contributed by atoms with Crippen LogP contribution in [-0.4, -0.2) is 33.6 Å². The molecule has 0 saturated carbocycles. The molecule has 8 nitrogen and oxygen atoms in total. The number of nitrogens with one attached hydrogen (secondary N) is 3. The fourth-order valence-electron chi connectivity index (χ4n) is 4.22. The second-order valence-electron chi connectivity index (χ2n) is 8.03. The van der Waals surface area contributed by atoms with E-state index in [1.54, 1.807) is 13.1 Å². The van der Waals surface area contributed by atoms with Crippen LogP contribution in [-0.2, 0) is 19.9 Å². The topological polar surface area (TPSA) is 101 Å². The van der Waals surface area contributed by atoms with E-state index in [1.807, 2.05) is 41.4 Å². The van der Waals surface area contributed by atoms with Crippen molar-refractivity contribution in [3.05, 3.63) is 64.3 Å². The second kappa shape index (κ2) is 8.67. The molecule has 1 aliphatic carbocycles. The average molecular weight is 461 g/mol. The lowest BCUT2D eigenvalue weighted by molar-refractivity contribution is 0.0961. The van der Waals surface area contributed by atoms with Crippen LogP contribution < -0.4 is 16.0 Å². The van der Waals surface area contributed by atoms with Crippen molar-refractivity contribution >= 4 is 50.6 Å². The van der Waals surface area contributed by atoms with E-state index in [4.69, 9.17) is 0 Å². The molecule has 9 heteroatoms. The number of aryl methyl sites for hydroxylation is 2. The number of rotatable bonds is 5. The lowest BCUT2D eigenvalue weighted by Gasteiger charge is -2.16. The van der Waals surface area contributed by atoms with Crippen molar-refractivity contribution in [1.82, 2.24) is 20.1 Å². The number of pyridine rings is 1. The van der Waals surface area contributed by atoms with Crippen molar-refractivity contribution in [3.63, 3.8) is 0 Å². The molecule has 0 bridgehead atoms. The number of carbonyl (C=O) groups excluding carboxylic acids is 2. The zero-order valence-corrected chi connectivity index (χ0v) is 19.3. The van der Waals surface area contributed by atoms with Gasteiger partial charge in [0.25, 0.3) is 11.8 Å². The van der Waals surface area contributed by atoms with Gasteiger partial charge >= 0.3 is 0 Å². The molecule has 0 fully saturated rings. The summed E-state index contributed by atoms with van der Waals surface area (Å²) < 4.78 is 2.86. The molecule has 1 aromatic carbocycles. The summed E-state index contributed by atoms with van der Waals surface area (Å²) in [7, 11) is 3.46. The average Bonchev–Trinajstić information content (AvgIpc) is 3.40. The first-order valence-corrected chi connectivity index (χ1v) is 11.7. The van der Waals surface area contributed by atoms with E-state index in [1.165, 1.54) is 23.1 Å². The molecule has 33 heavy (non-hydrogen) atoms. The fourth-order valence-corrected chi connectivity index (χ4v) is 5.16. The van der Waals surface area contributed by atoms with Crippen LogP contribution in [0.1, 0.15) is 44.8 Å². The SMILES string of the molecule is CNC(=O)c1cnc(Nc2c3c(nn2C)CCCC3)c(NC(=O)c2csc3ccccc23)c1. The Morgan fingerprint density at radius 2 is 1.94 bits per heavy atom. The standard InChI is InChI=1S/C24H24N6O2S/c1-25-23(31)14-11-19(27-24(32)17-13-33-20-10-6-4-7-15(17)20)21(26-12-14)28-22-16-8-3-5-9-18(16)29-30(22)2/h4,6-7,10-13H,3,5,8-9H2,1-2H3,(H,25,31)(H,26,28)(H,27,32). The summed E-state index contributed by atoms with van der Waals surface area (Å²) >= 11 is 1.52. The molecule has 5 rings (SSSR count). The zero-order valence-electron chi connectivity index (χ0n) is 18.4. The minimum absolute atomic E-state index is 0.251. The number of carbonyl (C=O) groups is 2. The van der Waals surface area contributed by atoms with Gasteiger partial charge in [0.2, 0.25) is 0 Å². The molecule has 0 saturated heterocycles. The van der Waals surface area contributed by atoms with Gasteiger partial charge in [-0.05, 0) is 37.8 Å². The van der Waals surface area contributed by atoms with Gasteiger partial charge in [0.1, 0.15) is 5.82 Å². The van der Waals surface area contributed by atoms with Gasteiger partial charge in [-0.1, -0.05) is 18.2 Å². The Morgan fingerprint density at radius 3 is 2.79 bits per heavy atom. The van der Waals surface area contributed by atoms with Crippen LogP contribution in [0.5, 0.6) is 0 Å². The first-order chi connectivity index (χ1) is 16.0. The predicted molar refractivity (Wildman–Crippen MR) is 131 cm³/mol. The molecule has 1 aliphatic rings. The lowest BCUT2D eigenvalue weighted by atomic mass is 9.97. The van der Waals surface area contributed by atoms with Gasteiger partial charge in [-0.3, -0.25) is 14.3 Å². The first-order valence-electron chi connectivity index (χ1n) is 10.9. The summed E-state index contributed by atoms with van der Waals surface area (Å²) in [6, 6.07) is 9.43. The van der Waals surface area contributed by atoms with Gasteiger partial charge in [0, 0.05) is 41.3 Å². The third-order valence-electron chi connectivity index (χ3n) is 5.91. The normalized spacial score (nSPS) is 12.9. The Kier molecular flexibility index (Phi) is 5.55. The van der Waals surface area contributed by atoms with E-state index >= 15 is 0 Å². The maximum atomic E-state index is 13.2. The Bertz CT molecular complexity index is 1370. The van der Waals surface area contributed by atoms with Crippen molar-refractivity contribution in [3.8, 4) is 0 Å². The number of hydrogen-bond donors (Lipinski definition) is 3. The molecule has 2 amide bonds. The van der Waals surface area contributed by atoms with Crippen LogP contribution in [0.15, 0.2) is 41.9 Å². The number of nitrogens with zero attached hydrogens (tertiary/aromatic N) is 3. The molecule has 4 aromatic rings. The van der Waals surface area contributed by atoms with Crippen LogP contribution >= 0.6 is 11.3 Å². The highest BCUT2D eigenvalue weighted by Gasteiger charge is 2.22. The molecule has 3 heterocycles. The monoisotopic (exact) mass is 460 g/mol. The lowest BCUT2D eigenvalue weighted by Crippen LogP contribution is -2.20. The number of aromatic nitrogens is 3. The van der Waals surface area contributed by atoms with E-state index in [0.29, 0.717) is 22.6 Å². The molecule has 0 atom stereocenters. The van der Waals surface area contributed by atoms with Crippen molar-refractivity contribution in [2.24, 2.45) is 7.05 Å². The number of hydrogen-bond acceptors (Lipinski definition) is 6. The third-order valence-corrected chi connectivity index (χ3v) is 6.87. The minimum Gasteiger partial charge on any atom is -0.355 e. The Balaban J connectivity index is 1.52. The van der Waals surface area contributed by atoms with Gasteiger partial charge in [-0.2, -0.15) is 5.10 Å². The molecule has 0 radical (unpaired) electrons. The summed E-state index contributed by atoms with van der Waals surface area (Å²) in [5, 5.41) is 16.3. The zero-order chi connectivity index (χ0) is 22.9. The Labute approximate surface area is 195 Å². The van der Waals surface area contributed by atoms with Gasteiger partial charge in [-0.15, -0.1) is 11.3 Å². The molecular formula is C24H24N6O2S. The quantitative estimate of drug-likeness (QED) is 0.413. The number of thiophene rings is 1. The minimum atomic E-state index is -0.275. The van der Waals surface area contributed by atoms with Gasteiger partial charge in [0.05, 0.1) is 22.5 Å². The maximum absolute atomic E-state index is 13.2. The highest BCUT2D eigenvalue weighted by molar-refractivity contribution is 7.17. The summed E-state index contributed by atoms with van der Waals surface area (Å²) in [4.78, 5) is 29.9. The molecular weight excluding hydrogens is 436 g/mol. The number of fused-ring (bicyclic) bond motifs is 2. The van der Waals surface area contributed by atoms with Crippen molar-refractivity contribution in [1.29, 1.82) is 0 Å². The molecule has 3 aromatic heterocycles. The number of anilines is 3. The summed E-state index contributed by atoms with van der Waals surface area (Å²) in [6.07, 6.45) is 5.66.